The zero-order chi connectivity index (χ0) is 25.3. The van der Waals surface area contributed by atoms with E-state index in [4.69, 9.17) is 5.73 Å². The van der Waals surface area contributed by atoms with E-state index in [1.54, 1.807) is 25.1 Å². The smallest absolute Gasteiger partial charge is 0.131 e. The van der Waals surface area contributed by atoms with Gasteiger partial charge in [0.15, 0.2) is 0 Å². The molecular weight excluding hydrogens is 458 g/mol. The average molecular weight is 495 g/mol. The highest BCUT2D eigenvalue weighted by Crippen LogP contribution is 2.27. The van der Waals surface area contributed by atoms with Crippen molar-refractivity contribution in [3.05, 3.63) is 77.1 Å². The average Bonchev–Trinajstić information content (AvgIpc) is 2.88. The highest BCUT2D eigenvalue weighted by Gasteiger charge is 2.28. The number of likely N-dealkylation sites (tertiary alicyclic amines) is 1. The van der Waals surface area contributed by atoms with E-state index in [2.05, 4.69) is 24.7 Å². The predicted molar refractivity (Wildman–Crippen MR) is 143 cm³/mol. The van der Waals surface area contributed by atoms with Gasteiger partial charge in [-0.25, -0.2) is 18.8 Å². The first kappa shape index (κ1) is 26.0. The van der Waals surface area contributed by atoms with Gasteiger partial charge in [-0.3, -0.25) is 4.90 Å². The van der Waals surface area contributed by atoms with Crippen LogP contribution >= 0.6 is 0 Å². The molecule has 36 heavy (non-hydrogen) atoms. The minimum atomic E-state index is -0.272. The van der Waals surface area contributed by atoms with Gasteiger partial charge in [0.2, 0.25) is 0 Å². The van der Waals surface area contributed by atoms with E-state index in [0.29, 0.717) is 5.84 Å². The predicted octanol–water partition coefficient (Wildman–Crippen LogP) is 4.51. The number of nitrogens with zero attached hydrogens (tertiary/aromatic N) is 5. The molecule has 0 spiro atoms. The van der Waals surface area contributed by atoms with Crippen LogP contribution in [0.1, 0.15) is 43.4 Å². The lowest BCUT2D eigenvalue weighted by Gasteiger charge is -2.42. The minimum Gasteiger partial charge on any atom is -0.387 e. The first-order valence-electron chi connectivity index (χ1n) is 12.7. The van der Waals surface area contributed by atoms with Crippen LogP contribution in [-0.2, 0) is 0 Å². The lowest BCUT2D eigenvalue weighted by atomic mass is 10.0. The molecule has 2 N–H and O–H groups in total. The van der Waals surface area contributed by atoms with Gasteiger partial charge in [0.05, 0.1) is 5.84 Å². The Morgan fingerprint density at radius 1 is 0.944 bits per heavy atom. The summed E-state index contributed by atoms with van der Waals surface area (Å²) in [5.41, 5.74) is 7.56. The van der Waals surface area contributed by atoms with Crippen LogP contribution in [0.2, 0.25) is 0 Å². The Morgan fingerprint density at radius 2 is 1.67 bits per heavy atom. The third-order valence-corrected chi connectivity index (χ3v) is 6.81. The number of piperazine rings is 1. The second-order valence-electron chi connectivity index (χ2n) is 9.52. The van der Waals surface area contributed by atoms with Crippen LogP contribution in [0.3, 0.4) is 0 Å². The van der Waals surface area contributed by atoms with Gasteiger partial charge in [0, 0.05) is 38.8 Å². The number of hydrogen-bond donors (Lipinski definition) is 1. The number of rotatable bonds is 8. The quantitative estimate of drug-likeness (QED) is 0.433. The number of amidine groups is 1. The van der Waals surface area contributed by atoms with E-state index in [1.807, 2.05) is 18.2 Å². The lowest BCUT2D eigenvalue weighted by molar-refractivity contribution is 0.0819. The van der Waals surface area contributed by atoms with Gasteiger partial charge >= 0.3 is 0 Å². The molecule has 1 atom stereocenters. The van der Waals surface area contributed by atoms with Crippen LogP contribution in [-0.4, -0.2) is 72.7 Å². The molecule has 4 rings (SSSR count). The van der Waals surface area contributed by atoms with Crippen molar-refractivity contribution in [3.63, 3.8) is 0 Å². The molecule has 0 radical (unpaired) electrons. The molecule has 8 heteroatoms. The number of benzene rings is 2. The van der Waals surface area contributed by atoms with Crippen LogP contribution in [0.15, 0.2) is 64.3 Å². The van der Waals surface area contributed by atoms with Gasteiger partial charge in [-0.05, 0) is 74.3 Å². The second-order valence-corrected chi connectivity index (χ2v) is 9.52. The maximum Gasteiger partial charge on any atom is 0.131 e. The Hall–Kier alpha value is -3.10. The molecule has 2 saturated heterocycles. The van der Waals surface area contributed by atoms with Crippen molar-refractivity contribution in [3.8, 4) is 0 Å². The highest BCUT2D eigenvalue weighted by atomic mass is 19.1. The topological polar surface area (TPSA) is 60.5 Å². The fourth-order valence-corrected chi connectivity index (χ4v) is 4.89. The largest absolute Gasteiger partial charge is 0.387 e. The standard InChI is InChI=1S/C28H36F2N6/c1-22(31)32-21-33-28(18-23-8-10-25(29)11-9-23)36-16-14-35(15-17-36)27(20-34-12-3-2-4-13-34)24-6-5-7-26(30)19-24/h5-11,18-19,21,27H,2-4,12-17,20H2,1H3,(H2,31,32,33)/b28-18-. The van der Waals surface area contributed by atoms with E-state index in [1.165, 1.54) is 43.8 Å². The monoisotopic (exact) mass is 494 g/mol. The van der Waals surface area contributed by atoms with Crippen LogP contribution in [0.25, 0.3) is 6.08 Å². The maximum absolute atomic E-state index is 14.1. The van der Waals surface area contributed by atoms with Crippen LogP contribution < -0.4 is 5.73 Å². The zero-order valence-corrected chi connectivity index (χ0v) is 21.0. The van der Waals surface area contributed by atoms with Gasteiger partial charge in [-0.1, -0.05) is 30.7 Å². The molecular formula is C28H36F2N6. The second kappa shape index (κ2) is 12.7. The van der Waals surface area contributed by atoms with Crippen LogP contribution in [0, 0.1) is 11.6 Å². The third-order valence-electron chi connectivity index (χ3n) is 6.81. The van der Waals surface area contributed by atoms with E-state index in [-0.39, 0.29) is 17.7 Å². The molecule has 0 saturated carbocycles. The van der Waals surface area contributed by atoms with Crippen molar-refractivity contribution in [2.45, 2.75) is 32.2 Å². The van der Waals surface area contributed by atoms with Crippen molar-refractivity contribution in [1.29, 1.82) is 0 Å². The summed E-state index contributed by atoms with van der Waals surface area (Å²) in [5, 5.41) is 0. The van der Waals surface area contributed by atoms with Crippen molar-refractivity contribution in [2.75, 3.05) is 45.8 Å². The van der Waals surface area contributed by atoms with Crippen molar-refractivity contribution >= 4 is 18.3 Å². The van der Waals surface area contributed by atoms with Gasteiger partial charge < -0.3 is 15.5 Å². The molecule has 0 amide bonds. The fourth-order valence-electron chi connectivity index (χ4n) is 4.89. The van der Waals surface area contributed by atoms with E-state index in [9.17, 15) is 8.78 Å². The molecule has 0 bridgehead atoms. The fraction of sp³-hybridized carbons (Fsp3) is 0.429. The molecule has 2 fully saturated rings. The summed E-state index contributed by atoms with van der Waals surface area (Å²) in [6.45, 7) is 8.00. The lowest BCUT2D eigenvalue weighted by Crippen LogP contribution is -2.49. The normalized spacial score (nSPS) is 19.7. The minimum absolute atomic E-state index is 0.137. The van der Waals surface area contributed by atoms with Crippen molar-refractivity contribution < 1.29 is 8.78 Å². The highest BCUT2D eigenvalue weighted by molar-refractivity contribution is 5.85. The van der Waals surface area contributed by atoms with Gasteiger partial charge in [0.1, 0.15) is 23.8 Å². The van der Waals surface area contributed by atoms with Crippen molar-refractivity contribution in [2.24, 2.45) is 15.7 Å². The van der Waals surface area contributed by atoms with Gasteiger partial charge in [-0.15, -0.1) is 0 Å². The Balaban J connectivity index is 1.51. The van der Waals surface area contributed by atoms with E-state index < -0.39 is 0 Å². The first-order chi connectivity index (χ1) is 17.5. The van der Waals surface area contributed by atoms with Crippen LogP contribution in [0.4, 0.5) is 8.78 Å². The molecule has 2 aromatic carbocycles. The molecule has 1 unspecified atom stereocenters. The summed E-state index contributed by atoms with van der Waals surface area (Å²) >= 11 is 0. The molecule has 2 aliphatic heterocycles. The summed E-state index contributed by atoms with van der Waals surface area (Å²) in [6, 6.07) is 13.5. The van der Waals surface area contributed by atoms with E-state index in [0.717, 1.165) is 62.8 Å². The Kier molecular flexibility index (Phi) is 9.19. The summed E-state index contributed by atoms with van der Waals surface area (Å²) in [7, 11) is 0. The zero-order valence-electron chi connectivity index (χ0n) is 21.0. The molecule has 2 aliphatic rings. The first-order valence-corrected chi connectivity index (χ1v) is 12.7. The molecule has 0 aliphatic carbocycles. The number of halogens is 2. The SMILES string of the molecule is C\C(N)=N/C=N\C(=C\c1ccc(F)cc1)N1CCN(C(CN2CCCCC2)c2cccc(F)c2)CC1. The number of hydrogen-bond acceptors (Lipinski definition) is 4. The molecule has 6 nitrogen and oxygen atoms in total. The van der Waals surface area contributed by atoms with Gasteiger partial charge in [0.25, 0.3) is 0 Å². The molecule has 0 aromatic heterocycles. The molecule has 2 heterocycles. The Bertz CT molecular complexity index is 1060. The van der Waals surface area contributed by atoms with Gasteiger partial charge in [-0.2, -0.15) is 0 Å². The number of nitrogens with two attached hydrogens (primary N) is 1. The third kappa shape index (κ3) is 7.45. The number of piperidine rings is 1. The van der Waals surface area contributed by atoms with Crippen LogP contribution in [0.5, 0.6) is 0 Å². The Morgan fingerprint density at radius 3 is 2.33 bits per heavy atom. The molecule has 192 valence electrons. The van der Waals surface area contributed by atoms with E-state index >= 15 is 0 Å². The molecule has 2 aromatic rings. The van der Waals surface area contributed by atoms with Crippen molar-refractivity contribution in [1.82, 2.24) is 14.7 Å². The summed E-state index contributed by atoms with van der Waals surface area (Å²) in [4.78, 5) is 15.8. The summed E-state index contributed by atoms with van der Waals surface area (Å²) in [6.07, 6.45) is 7.14. The Labute approximate surface area is 212 Å². The summed E-state index contributed by atoms with van der Waals surface area (Å²) in [5.74, 6) is 0.723. The number of aliphatic imine (C=N–C) groups is 2. The summed E-state index contributed by atoms with van der Waals surface area (Å²) < 4.78 is 27.5. The maximum atomic E-state index is 14.1.